The van der Waals surface area contributed by atoms with Gasteiger partial charge < -0.3 is 15.0 Å². The van der Waals surface area contributed by atoms with Crippen molar-refractivity contribution in [2.24, 2.45) is 11.8 Å². The minimum absolute atomic E-state index is 0.0155. The summed E-state index contributed by atoms with van der Waals surface area (Å²) in [5.41, 5.74) is 1.59. The molecule has 0 bridgehead atoms. The van der Waals surface area contributed by atoms with Gasteiger partial charge in [-0.05, 0) is 31.6 Å². The van der Waals surface area contributed by atoms with Gasteiger partial charge in [0.05, 0.1) is 0 Å². The summed E-state index contributed by atoms with van der Waals surface area (Å²) < 4.78 is 5.33. The van der Waals surface area contributed by atoms with E-state index in [-0.39, 0.29) is 17.7 Å². The highest BCUT2D eigenvalue weighted by molar-refractivity contribution is 7.13. The minimum atomic E-state index is -0.0500. The molecular formula is C15H22N4O3S. The molecular weight excluding hydrogens is 316 g/mol. The Balaban J connectivity index is 1.42. The Kier molecular flexibility index (Phi) is 5.56. The molecule has 0 aromatic carbocycles. The number of nitrogens with one attached hydrogen (secondary N) is 1. The first-order valence-corrected chi connectivity index (χ1v) is 9.03. The van der Waals surface area contributed by atoms with Crippen LogP contribution in [0.15, 0.2) is 5.51 Å². The lowest BCUT2D eigenvalue weighted by molar-refractivity contribution is -0.136. The van der Waals surface area contributed by atoms with Crippen LogP contribution in [-0.4, -0.2) is 53.2 Å². The molecule has 0 unspecified atom stereocenters. The maximum atomic E-state index is 12.4. The van der Waals surface area contributed by atoms with Crippen molar-refractivity contribution in [3.05, 3.63) is 5.51 Å². The first kappa shape index (κ1) is 16.3. The number of piperidine rings is 1. The Morgan fingerprint density at radius 3 is 2.65 bits per heavy atom. The molecule has 8 heteroatoms. The third-order valence-electron chi connectivity index (χ3n) is 4.61. The van der Waals surface area contributed by atoms with Gasteiger partial charge in [-0.1, -0.05) is 11.3 Å². The standard InChI is InChI=1S/C15H22N4O3S/c20-13(9-11-3-7-22-8-4-11)19-5-1-12(2-6-19)14(21)17-15-18-16-10-23-15/h10-12H,1-9H2,(H,17,18,21). The summed E-state index contributed by atoms with van der Waals surface area (Å²) in [6, 6.07) is 0. The first-order chi connectivity index (χ1) is 11.2. The molecule has 2 fully saturated rings. The van der Waals surface area contributed by atoms with Crippen molar-refractivity contribution in [2.45, 2.75) is 32.1 Å². The maximum Gasteiger partial charge on any atom is 0.229 e. The van der Waals surface area contributed by atoms with Crippen molar-refractivity contribution >= 4 is 28.3 Å². The number of nitrogens with zero attached hydrogens (tertiary/aromatic N) is 3. The zero-order chi connectivity index (χ0) is 16.1. The molecule has 1 aromatic rings. The van der Waals surface area contributed by atoms with E-state index in [0.717, 1.165) is 26.1 Å². The van der Waals surface area contributed by atoms with Crippen molar-refractivity contribution in [3.8, 4) is 0 Å². The number of likely N-dealkylation sites (tertiary alicyclic amines) is 1. The highest BCUT2D eigenvalue weighted by Gasteiger charge is 2.29. The predicted octanol–water partition coefficient (Wildman–Crippen LogP) is 1.53. The van der Waals surface area contributed by atoms with Crippen LogP contribution < -0.4 is 5.32 Å². The maximum absolute atomic E-state index is 12.4. The number of carbonyl (C=O) groups excluding carboxylic acids is 2. The second kappa shape index (κ2) is 7.83. The van der Waals surface area contributed by atoms with Crippen molar-refractivity contribution < 1.29 is 14.3 Å². The fraction of sp³-hybridized carbons (Fsp3) is 0.733. The van der Waals surface area contributed by atoms with Crippen molar-refractivity contribution in [2.75, 3.05) is 31.6 Å². The highest BCUT2D eigenvalue weighted by Crippen LogP contribution is 2.23. The van der Waals surface area contributed by atoms with Crippen LogP contribution in [0.4, 0.5) is 5.13 Å². The van der Waals surface area contributed by atoms with E-state index in [0.29, 0.717) is 43.4 Å². The lowest BCUT2D eigenvalue weighted by atomic mass is 9.93. The molecule has 23 heavy (non-hydrogen) atoms. The summed E-state index contributed by atoms with van der Waals surface area (Å²) in [7, 11) is 0. The highest BCUT2D eigenvalue weighted by atomic mass is 32.1. The van der Waals surface area contributed by atoms with Crippen LogP contribution in [0.3, 0.4) is 0 Å². The quantitative estimate of drug-likeness (QED) is 0.900. The lowest BCUT2D eigenvalue weighted by Crippen LogP contribution is -2.42. The van der Waals surface area contributed by atoms with Gasteiger partial charge in [0.2, 0.25) is 16.9 Å². The van der Waals surface area contributed by atoms with E-state index in [1.54, 1.807) is 5.51 Å². The number of ether oxygens (including phenoxy) is 1. The predicted molar refractivity (Wildman–Crippen MR) is 86.0 cm³/mol. The Hall–Kier alpha value is -1.54. The summed E-state index contributed by atoms with van der Waals surface area (Å²) in [4.78, 5) is 26.4. The van der Waals surface area contributed by atoms with Gasteiger partial charge in [0, 0.05) is 38.6 Å². The number of rotatable bonds is 4. The minimum Gasteiger partial charge on any atom is -0.381 e. The summed E-state index contributed by atoms with van der Waals surface area (Å²) in [5, 5.41) is 10.8. The molecule has 2 amide bonds. The number of aromatic nitrogens is 2. The summed E-state index contributed by atoms with van der Waals surface area (Å²) in [6.45, 7) is 2.87. The normalized spacial score (nSPS) is 20.4. The van der Waals surface area contributed by atoms with Crippen LogP contribution in [0.2, 0.25) is 0 Å². The van der Waals surface area contributed by atoms with Gasteiger partial charge in [-0.15, -0.1) is 10.2 Å². The summed E-state index contributed by atoms with van der Waals surface area (Å²) in [5.74, 6) is 0.610. The zero-order valence-corrected chi connectivity index (χ0v) is 13.9. The van der Waals surface area contributed by atoms with Crippen LogP contribution in [0, 0.1) is 11.8 Å². The number of hydrogen-bond acceptors (Lipinski definition) is 6. The Morgan fingerprint density at radius 1 is 1.26 bits per heavy atom. The van der Waals surface area contributed by atoms with Crippen LogP contribution >= 0.6 is 11.3 Å². The number of anilines is 1. The SMILES string of the molecule is O=C(Nc1nncs1)C1CCN(C(=O)CC2CCOCC2)CC1. The van der Waals surface area contributed by atoms with Gasteiger partial charge in [-0.3, -0.25) is 9.59 Å². The first-order valence-electron chi connectivity index (χ1n) is 8.15. The fourth-order valence-corrected chi connectivity index (χ4v) is 3.60. The van der Waals surface area contributed by atoms with Crippen molar-refractivity contribution in [1.82, 2.24) is 15.1 Å². The van der Waals surface area contributed by atoms with E-state index >= 15 is 0 Å². The molecule has 0 radical (unpaired) electrons. The van der Waals surface area contributed by atoms with Gasteiger partial charge in [0.25, 0.3) is 0 Å². The van der Waals surface area contributed by atoms with E-state index in [2.05, 4.69) is 15.5 Å². The van der Waals surface area contributed by atoms with Crippen molar-refractivity contribution in [1.29, 1.82) is 0 Å². The molecule has 2 aliphatic heterocycles. The molecule has 7 nitrogen and oxygen atoms in total. The zero-order valence-electron chi connectivity index (χ0n) is 13.1. The molecule has 2 saturated heterocycles. The van der Waals surface area contributed by atoms with Gasteiger partial charge in [-0.2, -0.15) is 0 Å². The molecule has 1 aromatic heterocycles. The lowest BCUT2D eigenvalue weighted by Gasteiger charge is -2.32. The van der Waals surface area contributed by atoms with Crippen LogP contribution in [-0.2, 0) is 14.3 Å². The molecule has 3 heterocycles. The Morgan fingerprint density at radius 2 is 2.00 bits per heavy atom. The Bertz CT molecular complexity index is 523. The largest absolute Gasteiger partial charge is 0.381 e. The van der Waals surface area contributed by atoms with Crippen LogP contribution in [0.5, 0.6) is 0 Å². The molecule has 0 atom stereocenters. The van der Waals surface area contributed by atoms with Gasteiger partial charge in [0.1, 0.15) is 5.51 Å². The average molecular weight is 338 g/mol. The summed E-state index contributed by atoms with van der Waals surface area (Å²) in [6.07, 6.45) is 4.00. The van der Waals surface area contributed by atoms with Crippen molar-refractivity contribution in [3.63, 3.8) is 0 Å². The second-order valence-corrected chi connectivity index (χ2v) is 6.98. The van der Waals surface area contributed by atoms with Gasteiger partial charge >= 0.3 is 0 Å². The molecule has 0 aliphatic carbocycles. The molecule has 1 N–H and O–H groups in total. The summed E-state index contributed by atoms with van der Waals surface area (Å²) >= 11 is 1.31. The monoisotopic (exact) mass is 338 g/mol. The topological polar surface area (TPSA) is 84.4 Å². The second-order valence-electron chi connectivity index (χ2n) is 6.15. The molecule has 0 spiro atoms. The van der Waals surface area contributed by atoms with Crippen LogP contribution in [0.1, 0.15) is 32.1 Å². The smallest absolute Gasteiger partial charge is 0.229 e. The van der Waals surface area contributed by atoms with Crippen LogP contribution in [0.25, 0.3) is 0 Å². The average Bonchev–Trinajstić information content (AvgIpc) is 3.09. The van der Waals surface area contributed by atoms with E-state index < -0.39 is 0 Å². The number of hydrogen-bond donors (Lipinski definition) is 1. The van der Waals surface area contributed by atoms with Gasteiger partial charge in [-0.25, -0.2) is 0 Å². The fourth-order valence-electron chi connectivity index (χ4n) is 3.15. The van der Waals surface area contributed by atoms with E-state index in [1.165, 1.54) is 11.3 Å². The van der Waals surface area contributed by atoms with E-state index in [1.807, 2.05) is 4.90 Å². The Labute approximate surface area is 139 Å². The molecule has 126 valence electrons. The molecule has 0 saturated carbocycles. The molecule has 2 aliphatic rings. The number of amides is 2. The number of carbonyl (C=O) groups is 2. The van der Waals surface area contributed by atoms with Gasteiger partial charge in [0.15, 0.2) is 0 Å². The van der Waals surface area contributed by atoms with E-state index in [4.69, 9.17) is 4.74 Å². The third-order valence-corrected chi connectivity index (χ3v) is 5.22. The van der Waals surface area contributed by atoms with E-state index in [9.17, 15) is 9.59 Å². The molecule has 3 rings (SSSR count). The third kappa shape index (κ3) is 4.48.